The van der Waals surface area contributed by atoms with E-state index >= 15 is 0 Å². The van der Waals surface area contributed by atoms with Crippen molar-refractivity contribution in [3.63, 3.8) is 0 Å². The van der Waals surface area contributed by atoms with Crippen LogP contribution in [0.5, 0.6) is 0 Å². The summed E-state index contributed by atoms with van der Waals surface area (Å²) in [5, 5.41) is -0.975. The third-order valence-corrected chi connectivity index (χ3v) is 3.03. The molecule has 0 radical (unpaired) electrons. The topological polar surface area (TPSA) is 43.4 Å². The van der Waals surface area contributed by atoms with E-state index in [0.717, 1.165) is 0 Å². The van der Waals surface area contributed by atoms with Crippen molar-refractivity contribution < 1.29 is 25.8 Å². The number of hydrogen-bond donors (Lipinski definition) is 0. The van der Waals surface area contributed by atoms with Gasteiger partial charge in [0.1, 0.15) is 0 Å². The Balaban J connectivity index is 4.48. The van der Waals surface area contributed by atoms with Gasteiger partial charge in [-0.25, -0.2) is 0 Å². The zero-order valence-electron chi connectivity index (χ0n) is 7.42. The maximum Gasteiger partial charge on any atom is 0.415 e. The summed E-state index contributed by atoms with van der Waals surface area (Å²) >= 11 is 0. The molecule has 0 aromatic heterocycles. The van der Waals surface area contributed by atoms with Crippen LogP contribution in [0.4, 0.5) is 13.2 Å². The van der Waals surface area contributed by atoms with Gasteiger partial charge in [-0.2, -0.15) is 21.6 Å². The molecule has 0 amide bonds. The Labute approximate surface area is 75.0 Å². The highest BCUT2D eigenvalue weighted by Gasteiger charge is 2.40. The Kier molecular flexibility index (Phi) is 3.74. The van der Waals surface area contributed by atoms with Gasteiger partial charge in [0.15, 0.2) is 6.10 Å². The van der Waals surface area contributed by atoms with Crippen LogP contribution < -0.4 is 0 Å². The Bertz CT molecular complexity index is 255. The quantitative estimate of drug-likeness (QED) is 0.680. The summed E-state index contributed by atoms with van der Waals surface area (Å²) < 4.78 is 61.2. The fraction of sp³-hybridized carbons (Fsp3) is 1.00. The summed E-state index contributed by atoms with van der Waals surface area (Å²) in [5.74, 6) is 0. The molecule has 0 aliphatic rings. The fourth-order valence-corrected chi connectivity index (χ4v) is 1.10. The average Bonchev–Trinajstić information content (AvgIpc) is 1.83. The van der Waals surface area contributed by atoms with Gasteiger partial charge in [0.25, 0.3) is 10.1 Å². The lowest BCUT2D eigenvalue weighted by Crippen LogP contribution is -2.33. The first-order valence-electron chi connectivity index (χ1n) is 3.56. The highest BCUT2D eigenvalue weighted by atomic mass is 32.2. The number of alkyl halides is 3. The second-order valence-corrected chi connectivity index (χ2v) is 4.94. The minimum absolute atomic E-state index is 0.653. The molecule has 0 aliphatic carbocycles. The van der Waals surface area contributed by atoms with Crippen LogP contribution in [0.3, 0.4) is 0 Å². The van der Waals surface area contributed by atoms with Gasteiger partial charge in [-0.3, -0.25) is 4.18 Å². The number of hydrogen-bond acceptors (Lipinski definition) is 3. The summed E-state index contributed by atoms with van der Waals surface area (Å²) in [6.07, 6.45) is -6.94. The Hall–Kier alpha value is -0.300. The second-order valence-electron chi connectivity index (χ2n) is 2.82. The summed E-state index contributed by atoms with van der Waals surface area (Å²) in [7, 11) is -4.10. The molecule has 0 aromatic rings. The first kappa shape index (κ1) is 12.7. The molecule has 7 heteroatoms. The van der Waals surface area contributed by atoms with Crippen molar-refractivity contribution in [2.75, 3.05) is 0 Å². The Morgan fingerprint density at radius 3 is 1.77 bits per heavy atom. The highest BCUT2D eigenvalue weighted by molar-refractivity contribution is 7.87. The Morgan fingerprint density at radius 2 is 1.54 bits per heavy atom. The van der Waals surface area contributed by atoms with Crippen molar-refractivity contribution in [1.29, 1.82) is 0 Å². The van der Waals surface area contributed by atoms with E-state index in [-0.39, 0.29) is 0 Å². The molecule has 0 N–H and O–H groups in total. The fourth-order valence-electron chi connectivity index (χ4n) is 0.367. The SMILES string of the molecule is CC(OS(=O)(=O)C(C)C)C(F)(F)F. The van der Waals surface area contributed by atoms with E-state index in [1.54, 1.807) is 0 Å². The van der Waals surface area contributed by atoms with Gasteiger partial charge in [-0.1, -0.05) is 0 Å². The zero-order valence-corrected chi connectivity index (χ0v) is 8.24. The molecule has 80 valence electrons. The third kappa shape index (κ3) is 3.95. The van der Waals surface area contributed by atoms with Gasteiger partial charge >= 0.3 is 6.18 Å². The molecule has 13 heavy (non-hydrogen) atoms. The summed E-state index contributed by atoms with van der Waals surface area (Å²) in [4.78, 5) is 0. The monoisotopic (exact) mass is 220 g/mol. The lowest BCUT2D eigenvalue weighted by molar-refractivity contribution is -0.188. The van der Waals surface area contributed by atoms with Crippen LogP contribution in [-0.2, 0) is 14.3 Å². The van der Waals surface area contributed by atoms with Crippen LogP contribution in [0.2, 0.25) is 0 Å². The standard InChI is InChI=1S/C6H11F3O3S/c1-4(2)13(10,11)12-5(3)6(7,8)9/h4-5H,1-3H3. The molecule has 0 aliphatic heterocycles. The van der Waals surface area contributed by atoms with Gasteiger partial charge in [-0.05, 0) is 20.8 Å². The molecule has 0 rings (SSSR count). The van der Waals surface area contributed by atoms with E-state index in [1.165, 1.54) is 13.8 Å². The minimum atomic E-state index is -4.65. The van der Waals surface area contributed by atoms with Crippen molar-refractivity contribution in [1.82, 2.24) is 0 Å². The van der Waals surface area contributed by atoms with E-state index in [1.807, 2.05) is 0 Å². The van der Waals surface area contributed by atoms with E-state index in [2.05, 4.69) is 4.18 Å². The maximum atomic E-state index is 11.9. The van der Waals surface area contributed by atoms with Crippen molar-refractivity contribution in [3.05, 3.63) is 0 Å². The molecule has 0 saturated carbocycles. The summed E-state index contributed by atoms with van der Waals surface area (Å²) in [6, 6.07) is 0. The first-order valence-corrected chi connectivity index (χ1v) is 5.03. The predicted octanol–water partition coefficient (Wildman–Crippen LogP) is 1.69. The van der Waals surface area contributed by atoms with Gasteiger partial charge in [0.05, 0.1) is 5.25 Å². The van der Waals surface area contributed by atoms with Crippen LogP contribution >= 0.6 is 0 Å². The van der Waals surface area contributed by atoms with Crippen molar-refractivity contribution in [2.24, 2.45) is 0 Å². The zero-order chi connectivity index (χ0) is 10.9. The van der Waals surface area contributed by atoms with Crippen LogP contribution in [0.25, 0.3) is 0 Å². The lowest BCUT2D eigenvalue weighted by atomic mass is 10.4. The minimum Gasteiger partial charge on any atom is -0.257 e. The molecule has 1 unspecified atom stereocenters. The molecule has 0 fully saturated rings. The van der Waals surface area contributed by atoms with Crippen LogP contribution in [0.15, 0.2) is 0 Å². The van der Waals surface area contributed by atoms with Crippen molar-refractivity contribution in [2.45, 2.75) is 38.3 Å². The van der Waals surface area contributed by atoms with Crippen LogP contribution in [0.1, 0.15) is 20.8 Å². The molecule has 0 aromatic carbocycles. The van der Waals surface area contributed by atoms with E-state index in [4.69, 9.17) is 0 Å². The lowest BCUT2D eigenvalue weighted by Gasteiger charge is -2.17. The van der Waals surface area contributed by atoms with Gasteiger partial charge in [0.2, 0.25) is 0 Å². The normalized spacial score (nSPS) is 16.2. The van der Waals surface area contributed by atoms with Crippen molar-refractivity contribution in [3.8, 4) is 0 Å². The molecular weight excluding hydrogens is 209 g/mol. The van der Waals surface area contributed by atoms with Crippen LogP contribution in [-0.4, -0.2) is 25.9 Å². The van der Waals surface area contributed by atoms with Gasteiger partial charge < -0.3 is 0 Å². The van der Waals surface area contributed by atoms with Gasteiger partial charge in [-0.15, -0.1) is 0 Å². The molecule has 0 bridgehead atoms. The number of rotatable bonds is 3. The van der Waals surface area contributed by atoms with E-state index in [9.17, 15) is 21.6 Å². The molecule has 1 atom stereocenters. The summed E-state index contributed by atoms with van der Waals surface area (Å²) in [6.45, 7) is 3.15. The highest BCUT2D eigenvalue weighted by Crippen LogP contribution is 2.24. The van der Waals surface area contributed by atoms with E-state index < -0.39 is 27.6 Å². The largest absolute Gasteiger partial charge is 0.415 e. The smallest absolute Gasteiger partial charge is 0.257 e. The summed E-state index contributed by atoms with van der Waals surface area (Å²) in [5.41, 5.74) is 0. The first-order chi connectivity index (χ1) is 5.57. The predicted molar refractivity (Wildman–Crippen MR) is 40.7 cm³/mol. The van der Waals surface area contributed by atoms with Crippen LogP contribution in [0, 0.1) is 0 Å². The number of halogens is 3. The molecule has 0 heterocycles. The van der Waals surface area contributed by atoms with E-state index in [0.29, 0.717) is 6.92 Å². The van der Waals surface area contributed by atoms with Crippen molar-refractivity contribution >= 4 is 10.1 Å². The van der Waals surface area contributed by atoms with Gasteiger partial charge in [0, 0.05) is 0 Å². The third-order valence-electron chi connectivity index (χ3n) is 1.32. The molecule has 0 spiro atoms. The maximum absolute atomic E-state index is 11.9. The molecule has 3 nitrogen and oxygen atoms in total. The second kappa shape index (κ2) is 3.83. The molecular formula is C6H11F3O3S. The Morgan fingerprint density at radius 1 is 1.15 bits per heavy atom. The molecule has 0 saturated heterocycles. The average molecular weight is 220 g/mol.